The van der Waals surface area contributed by atoms with Crippen LogP contribution < -0.4 is 9.80 Å². The van der Waals surface area contributed by atoms with Crippen molar-refractivity contribution in [3.63, 3.8) is 0 Å². The molecule has 0 amide bonds. The maximum Gasteiger partial charge on any atom is 0.135 e. The number of para-hydroxylation sites is 5. The zero-order valence-corrected chi connectivity index (χ0v) is 37.1. The van der Waals surface area contributed by atoms with Crippen molar-refractivity contribution < 1.29 is 4.42 Å². The molecule has 4 nitrogen and oxygen atoms in total. The number of aromatic nitrogens is 1. The molecule has 0 atom stereocenters. The van der Waals surface area contributed by atoms with E-state index in [-0.39, 0.29) is 0 Å². The fraction of sp³-hybridized carbons (Fsp3) is 0.0164. The summed E-state index contributed by atoms with van der Waals surface area (Å²) in [6, 6.07) is 76.5. The number of rotatable bonds is 10. The SMILES string of the molecule is C=Cc1sc2ccc(N(c3ccccc3)c3cc(-c4ccc5oc6ccccc6c5c4)cc(N(c4ccccc4)c4ccc5c6ccccc6n(-c6ccccc6)c5c4)c3)cc2c1/C=C\C. The van der Waals surface area contributed by atoms with Crippen LogP contribution in [-0.2, 0) is 0 Å². The first-order valence-electron chi connectivity index (χ1n) is 22.3. The van der Waals surface area contributed by atoms with Crippen molar-refractivity contribution in [3.8, 4) is 16.8 Å². The number of fused-ring (bicyclic) bond motifs is 7. The highest BCUT2D eigenvalue weighted by Gasteiger charge is 2.22. The molecule has 0 N–H and O–H groups in total. The minimum Gasteiger partial charge on any atom is -0.456 e. The molecule has 0 aliphatic heterocycles. The van der Waals surface area contributed by atoms with Crippen LogP contribution in [0.2, 0.25) is 0 Å². The molecule has 0 unspecified atom stereocenters. The van der Waals surface area contributed by atoms with E-state index in [1.165, 1.54) is 36.8 Å². The van der Waals surface area contributed by atoms with Crippen LogP contribution in [0.3, 0.4) is 0 Å². The van der Waals surface area contributed by atoms with E-state index in [9.17, 15) is 0 Å². The van der Waals surface area contributed by atoms with E-state index in [4.69, 9.17) is 4.42 Å². The monoisotopic (exact) mass is 865 g/mol. The molecule has 0 spiro atoms. The van der Waals surface area contributed by atoms with Gasteiger partial charge in [0.2, 0.25) is 0 Å². The Kier molecular flexibility index (Phi) is 9.70. The van der Waals surface area contributed by atoms with Crippen LogP contribution in [-0.4, -0.2) is 4.57 Å². The van der Waals surface area contributed by atoms with Gasteiger partial charge in [-0.05, 0) is 127 Å². The molecule has 0 radical (unpaired) electrons. The van der Waals surface area contributed by atoms with Crippen LogP contribution in [0.15, 0.2) is 229 Å². The van der Waals surface area contributed by atoms with Crippen molar-refractivity contribution >= 4 is 111 Å². The van der Waals surface area contributed by atoms with Gasteiger partial charge in [-0.1, -0.05) is 128 Å². The smallest absolute Gasteiger partial charge is 0.135 e. The van der Waals surface area contributed by atoms with Crippen LogP contribution >= 0.6 is 11.3 Å². The van der Waals surface area contributed by atoms with E-state index in [0.717, 1.165) is 78.4 Å². The molecule has 0 aliphatic carbocycles. The summed E-state index contributed by atoms with van der Waals surface area (Å²) in [5.41, 5.74) is 14.8. The number of hydrogen-bond acceptors (Lipinski definition) is 4. The molecule has 0 bridgehead atoms. The highest BCUT2D eigenvalue weighted by Crippen LogP contribution is 2.46. The first-order valence-corrected chi connectivity index (χ1v) is 23.1. The van der Waals surface area contributed by atoms with Gasteiger partial charge in [-0.3, -0.25) is 0 Å². The summed E-state index contributed by atoms with van der Waals surface area (Å²) in [7, 11) is 0. The number of thiophene rings is 1. The molecular weight excluding hydrogens is 823 g/mol. The number of benzene rings is 9. The lowest BCUT2D eigenvalue weighted by molar-refractivity contribution is 0.669. The fourth-order valence-electron chi connectivity index (χ4n) is 9.68. The minimum atomic E-state index is 0.871. The number of nitrogens with zero attached hydrogens (tertiary/aromatic N) is 3. The van der Waals surface area contributed by atoms with Gasteiger partial charge in [-0.25, -0.2) is 0 Å². The number of furan rings is 1. The zero-order valence-electron chi connectivity index (χ0n) is 36.3. The van der Waals surface area contributed by atoms with Crippen molar-refractivity contribution in [2.45, 2.75) is 6.92 Å². The topological polar surface area (TPSA) is 24.6 Å². The van der Waals surface area contributed by atoms with E-state index in [1.807, 2.05) is 18.2 Å². The van der Waals surface area contributed by atoms with Crippen LogP contribution in [0.4, 0.5) is 34.1 Å². The summed E-state index contributed by atoms with van der Waals surface area (Å²) in [5, 5.41) is 5.82. The van der Waals surface area contributed by atoms with Crippen molar-refractivity contribution in [2.75, 3.05) is 9.80 Å². The largest absolute Gasteiger partial charge is 0.456 e. The lowest BCUT2D eigenvalue weighted by Crippen LogP contribution is -2.13. The van der Waals surface area contributed by atoms with Gasteiger partial charge in [0.1, 0.15) is 11.2 Å². The molecule has 0 fully saturated rings. The second-order valence-corrected chi connectivity index (χ2v) is 17.6. The summed E-state index contributed by atoms with van der Waals surface area (Å²) in [4.78, 5) is 5.96. The molecule has 0 saturated carbocycles. The Labute approximate surface area is 387 Å². The van der Waals surface area contributed by atoms with Crippen molar-refractivity contribution in [1.29, 1.82) is 0 Å². The predicted molar refractivity (Wildman–Crippen MR) is 283 cm³/mol. The van der Waals surface area contributed by atoms with Crippen molar-refractivity contribution in [1.82, 2.24) is 4.57 Å². The Bertz CT molecular complexity index is 3800. The number of allylic oxidation sites excluding steroid dienone is 1. The maximum atomic E-state index is 6.34. The molecule has 3 heterocycles. The Hall–Kier alpha value is -8.38. The van der Waals surface area contributed by atoms with Gasteiger partial charge in [0.05, 0.1) is 11.0 Å². The zero-order chi connectivity index (χ0) is 44.1. The summed E-state index contributed by atoms with van der Waals surface area (Å²) >= 11 is 1.78. The lowest BCUT2D eigenvalue weighted by Gasteiger charge is -2.30. The molecule has 5 heteroatoms. The predicted octanol–water partition coefficient (Wildman–Crippen LogP) is 18.2. The summed E-state index contributed by atoms with van der Waals surface area (Å²) in [6.45, 7) is 6.24. The van der Waals surface area contributed by atoms with Crippen LogP contribution in [0.25, 0.3) is 82.8 Å². The van der Waals surface area contributed by atoms with Crippen LogP contribution in [0.5, 0.6) is 0 Å². The van der Waals surface area contributed by atoms with E-state index < -0.39 is 0 Å². The molecule has 66 heavy (non-hydrogen) atoms. The third kappa shape index (κ3) is 6.68. The standard InChI is InChI=1S/C61H43N3OS/c1-3-18-53-55-39-46(31-34-61(55)66-60(53)4-2)62(43-19-8-5-9-20-43)48-35-42(41-29-33-59-54(37-41)52-26-15-17-28-58(52)65-59)36-49(38-48)63(44-21-10-6-11-22-44)47-30-32-51-50-25-14-16-27-56(50)64(57(51)40-47)45-23-12-7-13-24-45/h3-40H,2H2,1H3/b18-3-. The molecule has 12 rings (SSSR count). The molecule has 3 aromatic heterocycles. The third-order valence-corrected chi connectivity index (χ3v) is 13.8. The number of hydrogen-bond donors (Lipinski definition) is 0. The average molecular weight is 866 g/mol. The average Bonchev–Trinajstić information content (AvgIpc) is 4.04. The Morgan fingerprint density at radius 3 is 1.77 bits per heavy atom. The molecule has 9 aromatic carbocycles. The summed E-state index contributed by atoms with van der Waals surface area (Å²) in [5.74, 6) is 0. The van der Waals surface area contributed by atoms with Gasteiger partial charge in [-0.2, -0.15) is 0 Å². The van der Waals surface area contributed by atoms with Crippen molar-refractivity contribution in [3.05, 3.63) is 235 Å². The maximum absolute atomic E-state index is 6.34. The fourth-order valence-corrected chi connectivity index (χ4v) is 10.7. The van der Waals surface area contributed by atoms with Gasteiger partial charge in [0.25, 0.3) is 0 Å². The van der Waals surface area contributed by atoms with Gasteiger partial charge < -0.3 is 18.8 Å². The van der Waals surface area contributed by atoms with Gasteiger partial charge in [-0.15, -0.1) is 11.3 Å². The highest BCUT2D eigenvalue weighted by atomic mass is 32.1. The van der Waals surface area contributed by atoms with E-state index in [2.05, 4.69) is 240 Å². The normalized spacial score (nSPS) is 11.7. The molecule has 314 valence electrons. The van der Waals surface area contributed by atoms with E-state index >= 15 is 0 Å². The quantitative estimate of drug-likeness (QED) is 0.137. The molecular formula is C61H43N3OS. The van der Waals surface area contributed by atoms with Crippen LogP contribution in [0.1, 0.15) is 17.4 Å². The number of anilines is 6. The summed E-state index contributed by atoms with van der Waals surface area (Å²) in [6.07, 6.45) is 6.28. The van der Waals surface area contributed by atoms with Gasteiger partial charge >= 0.3 is 0 Å². The van der Waals surface area contributed by atoms with E-state index in [0.29, 0.717) is 0 Å². The second kappa shape index (κ2) is 16.3. The molecule has 12 aromatic rings. The first-order chi connectivity index (χ1) is 32.6. The second-order valence-electron chi connectivity index (χ2n) is 16.5. The summed E-state index contributed by atoms with van der Waals surface area (Å²) < 4.78 is 9.96. The lowest BCUT2D eigenvalue weighted by atomic mass is 9.99. The van der Waals surface area contributed by atoms with Gasteiger partial charge in [0, 0.05) is 81.9 Å². The van der Waals surface area contributed by atoms with Gasteiger partial charge in [0.15, 0.2) is 0 Å². The highest BCUT2D eigenvalue weighted by molar-refractivity contribution is 7.20. The third-order valence-electron chi connectivity index (χ3n) is 12.6. The Morgan fingerprint density at radius 1 is 0.455 bits per heavy atom. The van der Waals surface area contributed by atoms with Crippen molar-refractivity contribution in [2.24, 2.45) is 0 Å². The minimum absolute atomic E-state index is 0.871. The Morgan fingerprint density at radius 2 is 1.06 bits per heavy atom. The van der Waals surface area contributed by atoms with E-state index in [1.54, 1.807) is 11.3 Å². The Balaban J connectivity index is 1.13. The molecule has 0 saturated heterocycles. The first kappa shape index (κ1) is 39.2. The van der Waals surface area contributed by atoms with Crippen LogP contribution in [0, 0.1) is 0 Å². The molecule has 0 aliphatic rings.